The van der Waals surface area contributed by atoms with Crippen LogP contribution in [-0.4, -0.2) is 16.7 Å². The molecule has 6 rings (SSSR count). The van der Waals surface area contributed by atoms with Crippen LogP contribution >= 0.6 is 11.3 Å². The number of oxazole rings is 1. The van der Waals surface area contributed by atoms with Gasteiger partial charge in [0, 0.05) is 17.0 Å². The molecule has 1 aliphatic rings. The van der Waals surface area contributed by atoms with E-state index in [1.165, 1.54) is 17.4 Å². The molecule has 6 heteroatoms. The minimum atomic E-state index is -0.709. The second-order valence-corrected chi connectivity index (χ2v) is 8.20. The van der Waals surface area contributed by atoms with Crippen LogP contribution < -0.4 is 4.74 Å². The van der Waals surface area contributed by atoms with Crippen molar-refractivity contribution in [3.63, 3.8) is 0 Å². The van der Waals surface area contributed by atoms with Crippen LogP contribution in [0.5, 0.6) is 5.75 Å². The summed E-state index contributed by atoms with van der Waals surface area (Å²) in [5.41, 5.74) is 1.94. The number of thiophene rings is 1. The number of fused-ring (bicyclic) bond motifs is 3. The van der Waals surface area contributed by atoms with Gasteiger partial charge in [-0.25, -0.2) is 4.79 Å². The summed E-state index contributed by atoms with van der Waals surface area (Å²) in [5.74, 6) is -0.639. The standard InChI is InChI=1S/C25H13NO4S/c27-23-17-10-15-8-4-5-9-16(15)11-19(17)30-25(28)18(23)12-22-26-24-20(29-22)13-21(31-24)14-6-2-1-3-7-14/h1-13H/b18-12-. The van der Waals surface area contributed by atoms with E-state index < -0.39 is 11.8 Å². The van der Waals surface area contributed by atoms with Crippen LogP contribution in [0.15, 0.2) is 82.8 Å². The van der Waals surface area contributed by atoms with Crippen molar-refractivity contribution >= 4 is 50.4 Å². The van der Waals surface area contributed by atoms with Crippen LogP contribution in [0.4, 0.5) is 0 Å². The molecule has 0 spiro atoms. The van der Waals surface area contributed by atoms with Crippen molar-refractivity contribution in [1.29, 1.82) is 0 Å². The number of benzene rings is 3. The summed E-state index contributed by atoms with van der Waals surface area (Å²) in [6, 6.07) is 22.9. The van der Waals surface area contributed by atoms with Crippen LogP contribution in [0.2, 0.25) is 0 Å². The van der Waals surface area contributed by atoms with Crippen molar-refractivity contribution in [3.8, 4) is 16.2 Å². The number of nitrogens with zero attached hydrogens (tertiary/aromatic N) is 1. The highest BCUT2D eigenvalue weighted by Gasteiger charge is 2.31. The lowest BCUT2D eigenvalue weighted by Gasteiger charge is -2.17. The predicted octanol–water partition coefficient (Wildman–Crippen LogP) is 5.89. The zero-order chi connectivity index (χ0) is 20.9. The minimum absolute atomic E-state index is 0.0973. The number of carbonyl (C=O) groups is 2. The van der Waals surface area contributed by atoms with Crippen molar-refractivity contribution in [2.24, 2.45) is 0 Å². The molecule has 0 aliphatic carbocycles. The molecule has 3 aromatic carbocycles. The monoisotopic (exact) mass is 423 g/mol. The van der Waals surface area contributed by atoms with Gasteiger partial charge >= 0.3 is 5.97 Å². The van der Waals surface area contributed by atoms with Gasteiger partial charge < -0.3 is 9.15 Å². The number of esters is 1. The molecule has 1 aliphatic heterocycles. The molecule has 0 amide bonds. The first-order chi connectivity index (χ1) is 15.2. The molecular weight excluding hydrogens is 410 g/mol. The summed E-state index contributed by atoms with van der Waals surface area (Å²) in [6.45, 7) is 0. The van der Waals surface area contributed by atoms with Gasteiger partial charge in [0.25, 0.3) is 0 Å². The second kappa shape index (κ2) is 6.75. The third-order valence-corrected chi connectivity index (χ3v) is 6.25. The van der Waals surface area contributed by atoms with Gasteiger partial charge in [-0.1, -0.05) is 54.6 Å². The first kappa shape index (κ1) is 17.8. The zero-order valence-corrected chi connectivity index (χ0v) is 16.8. The molecule has 0 N–H and O–H groups in total. The van der Waals surface area contributed by atoms with E-state index in [4.69, 9.17) is 9.15 Å². The molecule has 0 radical (unpaired) electrons. The minimum Gasteiger partial charge on any atom is -0.436 e. The smallest absolute Gasteiger partial charge is 0.347 e. The molecule has 148 valence electrons. The first-order valence-electron chi connectivity index (χ1n) is 9.63. The summed E-state index contributed by atoms with van der Waals surface area (Å²) >= 11 is 1.49. The molecule has 0 atom stereocenters. The fourth-order valence-corrected chi connectivity index (χ4v) is 4.64. The third-order valence-electron chi connectivity index (χ3n) is 5.19. The molecule has 0 fully saturated rings. The van der Waals surface area contributed by atoms with E-state index in [0.29, 0.717) is 16.0 Å². The number of ether oxygens (including phenoxy) is 1. The number of hydrogen-bond donors (Lipinski definition) is 0. The average Bonchev–Trinajstić information content (AvgIpc) is 3.35. The predicted molar refractivity (Wildman–Crippen MR) is 119 cm³/mol. The normalized spacial score (nSPS) is 14.9. The molecule has 3 heterocycles. The van der Waals surface area contributed by atoms with E-state index in [9.17, 15) is 9.59 Å². The fourth-order valence-electron chi connectivity index (χ4n) is 3.68. The van der Waals surface area contributed by atoms with Gasteiger partial charge in [0.2, 0.25) is 11.7 Å². The maximum Gasteiger partial charge on any atom is 0.347 e. The quantitative estimate of drug-likeness (QED) is 0.153. The van der Waals surface area contributed by atoms with E-state index in [1.54, 1.807) is 12.1 Å². The van der Waals surface area contributed by atoms with Crippen LogP contribution in [0.1, 0.15) is 16.2 Å². The Balaban J connectivity index is 1.38. The van der Waals surface area contributed by atoms with Gasteiger partial charge in [-0.15, -0.1) is 11.3 Å². The van der Waals surface area contributed by atoms with Gasteiger partial charge in [-0.05, 0) is 28.5 Å². The van der Waals surface area contributed by atoms with Gasteiger partial charge in [-0.2, -0.15) is 4.98 Å². The molecule has 31 heavy (non-hydrogen) atoms. The Kier molecular flexibility index (Phi) is 3.88. The third kappa shape index (κ3) is 2.96. The molecular formula is C25H13NO4S. The topological polar surface area (TPSA) is 69.4 Å². The van der Waals surface area contributed by atoms with E-state index in [1.807, 2.05) is 60.7 Å². The number of hydrogen-bond acceptors (Lipinski definition) is 6. The SMILES string of the molecule is O=C1Oc2cc3ccccc3cc2C(=O)/C1=C/c1nc2sc(-c3ccccc3)cc2o1. The largest absolute Gasteiger partial charge is 0.436 e. The Morgan fingerprint density at radius 2 is 1.61 bits per heavy atom. The Labute approximate surface area is 180 Å². The second-order valence-electron chi connectivity index (χ2n) is 7.17. The molecule has 5 nitrogen and oxygen atoms in total. The summed E-state index contributed by atoms with van der Waals surface area (Å²) in [5, 5.41) is 1.80. The number of carbonyl (C=O) groups excluding carboxylic acids is 2. The Morgan fingerprint density at radius 3 is 2.39 bits per heavy atom. The Bertz CT molecular complexity index is 1510. The summed E-state index contributed by atoms with van der Waals surface area (Å²) < 4.78 is 11.2. The van der Waals surface area contributed by atoms with Crippen LogP contribution in [-0.2, 0) is 4.79 Å². The summed E-state index contributed by atoms with van der Waals surface area (Å²) in [4.78, 5) is 31.7. The molecule has 5 aromatic rings. The van der Waals surface area contributed by atoms with Gasteiger partial charge in [0.1, 0.15) is 11.3 Å². The average molecular weight is 423 g/mol. The maximum absolute atomic E-state index is 13.0. The van der Waals surface area contributed by atoms with Gasteiger partial charge in [0.05, 0.1) is 5.56 Å². The summed E-state index contributed by atoms with van der Waals surface area (Å²) in [7, 11) is 0. The van der Waals surface area contributed by atoms with Crippen LogP contribution in [0.3, 0.4) is 0 Å². The highest BCUT2D eigenvalue weighted by atomic mass is 32.1. The molecule has 0 saturated heterocycles. The lowest BCUT2D eigenvalue weighted by molar-refractivity contribution is -0.130. The van der Waals surface area contributed by atoms with E-state index in [-0.39, 0.29) is 17.2 Å². The maximum atomic E-state index is 13.0. The fraction of sp³-hybridized carbons (Fsp3) is 0. The first-order valence-corrected chi connectivity index (χ1v) is 10.4. The van der Waals surface area contributed by atoms with Crippen molar-refractivity contribution in [1.82, 2.24) is 4.98 Å². The lowest BCUT2D eigenvalue weighted by Crippen LogP contribution is -2.25. The molecule has 0 saturated carbocycles. The van der Waals surface area contributed by atoms with Crippen molar-refractivity contribution in [2.75, 3.05) is 0 Å². The Morgan fingerprint density at radius 1 is 0.871 bits per heavy atom. The van der Waals surface area contributed by atoms with Crippen LogP contribution in [0.25, 0.3) is 37.7 Å². The van der Waals surface area contributed by atoms with Crippen molar-refractivity contribution in [2.45, 2.75) is 0 Å². The molecule has 0 bridgehead atoms. The van der Waals surface area contributed by atoms with E-state index in [0.717, 1.165) is 21.2 Å². The van der Waals surface area contributed by atoms with Crippen molar-refractivity contribution < 1.29 is 18.7 Å². The number of Topliss-reactive ketones (excluding diaryl/α,β-unsaturated/α-hetero) is 1. The van der Waals surface area contributed by atoms with E-state index in [2.05, 4.69) is 4.98 Å². The number of rotatable bonds is 2. The number of ketones is 1. The van der Waals surface area contributed by atoms with Crippen molar-refractivity contribution in [3.05, 3.63) is 89.8 Å². The van der Waals surface area contributed by atoms with Gasteiger partial charge in [0.15, 0.2) is 10.4 Å². The Hall–Kier alpha value is -4.03. The highest BCUT2D eigenvalue weighted by Crippen LogP contribution is 2.35. The lowest BCUT2D eigenvalue weighted by atomic mass is 9.96. The zero-order valence-electron chi connectivity index (χ0n) is 16.0. The molecule has 0 unspecified atom stereocenters. The summed E-state index contributed by atoms with van der Waals surface area (Å²) in [6.07, 6.45) is 1.36. The van der Waals surface area contributed by atoms with E-state index >= 15 is 0 Å². The highest BCUT2D eigenvalue weighted by molar-refractivity contribution is 7.21. The number of aromatic nitrogens is 1. The van der Waals surface area contributed by atoms with Crippen LogP contribution in [0, 0.1) is 0 Å². The van der Waals surface area contributed by atoms with Gasteiger partial charge in [-0.3, -0.25) is 4.79 Å². The molecule has 2 aromatic heterocycles.